The van der Waals surface area contributed by atoms with E-state index in [4.69, 9.17) is 0 Å². The minimum Gasteiger partial charge on any atom is -0.320 e. The molecular weight excluding hydrogens is 194 g/mol. The zero-order valence-corrected chi connectivity index (χ0v) is 13.2. The molecule has 0 aromatic heterocycles. The van der Waals surface area contributed by atoms with Crippen molar-refractivity contribution in [3.8, 4) is 0 Å². The third kappa shape index (κ3) is 1000. The highest BCUT2D eigenvalue weighted by Crippen LogP contribution is 1.66. The minimum atomic E-state index is 1.07. The highest BCUT2D eigenvalue weighted by atomic mass is 14.8. The van der Waals surface area contributed by atoms with Crippen LogP contribution in [0, 0.1) is 0 Å². The molecule has 0 heterocycles. The largest absolute Gasteiger partial charge is 0.320 e. The molecule has 0 aliphatic rings. The number of allylic oxidation sites excluding steroid dienone is 2. The summed E-state index contributed by atoms with van der Waals surface area (Å²) < 4.78 is 0. The standard InChI is InChI=1S/C4H8.C3H9N.C3H8.C3H6.C2H6/c2*1-3-4-2;2*1-3-2;1-2/h3H,1,4H2,2H3;4H,3H2,1-2H3;3H2,1-2H3;3H,1H2,2H3;1-2H3. The first kappa shape index (κ1) is 29.5. The second kappa shape index (κ2) is 88.1. The predicted molar refractivity (Wildman–Crippen MR) is 83.3 cm³/mol. The van der Waals surface area contributed by atoms with Crippen molar-refractivity contribution in [3.05, 3.63) is 25.3 Å². The fraction of sp³-hybridized carbons (Fsp3) is 0.733. The van der Waals surface area contributed by atoms with Gasteiger partial charge in [0.25, 0.3) is 0 Å². The molecule has 102 valence electrons. The second-order valence-electron chi connectivity index (χ2n) is 2.52. The van der Waals surface area contributed by atoms with Gasteiger partial charge in [-0.2, -0.15) is 0 Å². The molecule has 0 aliphatic heterocycles. The molecule has 0 unspecified atom stereocenters. The van der Waals surface area contributed by atoms with E-state index in [1.54, 1.807) is 6.08 Å². The lowest BCUT2D eigenvalue weighted by molar-refractivity contribution is 0.864. The Morgan fingerprint density at radius 3 is 1.12 bits per heavy atom. The van der Waals surface area contributed by atoms with Crippen LogP contribution >= 0.6 is 0 Å². The van der Waals surface area contributed by atoms with Gasteiger partial charge in [0.15, 0.2) is 0 Å². The van der Waals surface area contributed by atoms with E-state index in [9.17, 15) is 0 Å². The Labute approximate surface area is 106 Å². The number of hydrogen-bond donors (Lipinski definition) is 1. The van der Waals surface area contributed by atoms with E-state index in [1.165, 1.54) is 6.42 Å². The highest BCUT2D eigenvalue weighted by Gasteiger charge is 1.50. The normalized spacial score (nSPS) is 5.75. The van der Waals surface area contributed by atoms with Crippen LogP contribution in [0.3, 0.4) is 0 Å². The van der Waals surface area contributed by atoms with Gasteiger partial charge in [-0.3, -0.25) is 0 Å². The first-order valence-electron chi connectivity index (χ1n) is 6.48. The minimum absolute atomic E-state index is 1.07. The zero-order chi connectivity index (χ0) is 14.2. The second-order valence-corrected chi connectivity index (χ2v) is 2.52. The molecule has 0 saturated carbocycles. The lowest BCUT2D eigenvalue weighted by Gasteiger charge is -1.76. The molecule has 0 rings (SSSR count). The van der Waals surface area contributed by atoms with Crippen molar-refractivity contribution in [3.63, 3.8) is 0 Å². The summed E-state index contributed by atoms with van der Waals surface area (Å²) in [5, 5.41) is 2.93. The topological polar surface area (TPSA) is 12.0 Å². The van der Waals surface area contributed by atoms with Crippen molar-refractivity contribution in [1.29, 1.82) is 0 Å². The number of hydrogen-bond acceptors (Lipinski definition) is 1. The van der Waals surface area contributed by atoms with E-state index >= 15 is 0 Å². The van der Waals surface area contributed by atoms with Gasteiger partial charge in [0.1, 0.15) is 0 Å². The van der Waals surface area contributed by atoms with E-state index in [0.29, 0.717) is 0 Å². The highest BCUT2D eigenvalue weighted by molar-refractivity contribution is 4.60. The van der Waals surface area contributed by atoms with Crippen LogP contribution in [0.15, 0.2) is 25.3 Å². The molecule has 0 amide bonds. The van der Waals surface area contributed by atoms with Crippen molar-refractivity contribution in [2.75, 3.05) is 13.6 Å². The Bertz CT molecular complexity index is 65.8. The third-order valence-electron chi connectivity index (χ3n) is 0.642. The van der Waals surface area contributed by atoms with Gasteiger partial charge in [-0.15, -0.1) is 13.2 Å². The van der Waals surface area contributed by atoms with Gasteiger partial charge < -0.3 is 5.32 Å². The maximum absolute atomic E-state index is 3.48. The van der Waals surface area contributed by atoms with Gasteiger partial charge in [0, 0.05) is 0 Å². The first-order chi connectivity index (χ1) is 7.66. The molecule has 0 bridgehead atoms. The van der Waals surface area contributed by atoms with E-state index in [0.717, 1.165) is 13.0 Å². The molecule has 0 fully saturated rings. The van der Waals surface area contributed by atoms with Crippen LogP contribution in [-0.4, -0.2) is 13.6 Å². The van der Waals surface area contributed by atoms with Gasteiger partial charge in [0.05, 0.1) is 0 Å². The summed E-state index contributed by atoms with van der Waals surface area (Å²) >= 11 is 0. The Morgan fingerprint density at radius 1 is 1.00 bits per heavy atom. The molecular formula is C15H37N. The van der Waals surface area contributed by atoms with Crippen molar-refractivity contribution >= 4 is 0 Å². The summed E-state index contributed by atoms with van der Waals surface area (Å²) in [5.74, 6) is 0. The van der Waals surface area contributed by atoms with Crippen LogP contribution in [0.2, 0.25) is 0 Å². The Balaban J connectivity index is -0.0000000322. The lowest BCUT2D eigenvalue weighted by atomic mass is 10.5. The maximum atomic E-state index is 3.48. The van der Waals surface area contributed by atoms with Crippen LogP contribution in [0.25, 0.3) is 0 Å². The summed E-state index contributed by atoms with van der Waals surface area (Å²) in [4.78, 5) is 0. The molecule has 16 heavy (non-hydrogen) atoms. The van der Waals surface area contributed by atoms with Crippen LogP contribution in [0.5, 0.6) is 0 Å². The molecule has 0 atom stereocenters. The van der Waals surface area contributed by atoms with E-state index < -0.39 is 0 Å². The summed E-state index contributed by atoms with van der Waals surface area (Å²) in [5.41, 5.74) is 0. The maximum Gasteiger partial charge on any atom is -0.00804 e. The van der Waals surface area contributed by atoms with Crippen molar-refractivity contribution in [2.45, 2.75) is 61.3 Å². The Morgan fingerprint density at radius 2 is 1.12 bits per heavy atom. The van der Waals surface area contributed by atoms with Crippen LogP contribution in [-0.2, 0) is 0 Å². The predicted octanol–water partition coefficient (Wildman–Crippen LogP) is 5.44. The Kier molecular flexibility index (Phi) is 163. The van der Waals surface area contributed by atoms with Crippen LogP contribution in [0.4, 0.5) is 0 Å². The molecule has 0 radical (unpaired) electrons. The summed E-state index contributed by atoms with van der Waals surface area (Å²) in [6, 6.07) is 0. The zero-order valence-electron chi connectivity index (χ0n) is 13.2. The van der Waals surface area contributed by atoms with Crippen molar-refractivity contribution in [1.82, 2.24) is 5.32 Å². The van der Waals surface area contributed by atoms with Gasteiger partial charge in [-0.25, -0.2) is 0 Å². The van der Waals surface area contributed by atoms with Crippen LogP contribution < -0.4 is 5.32 Å². The smallest absolute Gasteiger partial charge is 0.00804 e. The first-order valence-corrected chi connectivity index (χ1v) is 6.48. The molecule has 0 aromatic rings. The third-order valence-corrected chi connectivity index (χ3v) is 0.642. The average molecular weight is 231 g/mol. The van der Waals surface area contributed by atoms with Crippen molar-refractivity contribution < 1.29 is 0 Å². The van der Waals surface area contributed by atoms with E-state index in [2.05, 4.69) is 46.2 Å². The Hall–Kier alpha value is -0.560. The number of nitrogens with one attached hydrogen (secondary N) is 1. The average Bonchev–Trinajstić information content (AvgIpc) is 2.33. The number of rotatable bonds is 2. The molecule has 1 N–H and O–H groups in total. The van der Waals surface area contributed by atoms with Gasteiger partial charge in [-0.1, -0.05) is 60.1 Å². The fourth-order valence-corrected chi connectivity index (χ4v) is 0. The summed E-state index contributed by atoms with van der Waals surface area (Å²) in [6.45, 7) is 22.2. The SMILES string of the molecule is C=CC.C=CCC.CC.CCC.CCNC. The van der Waals surface area contributed by atoms with E-state index in [1.807, 2.05) is 33.9 Å². The van der Waals surface area contributed by atoms with Crippen molar-refractivity contribution in [2.24, 2.45) is 0 Å². The fourth-order valence-electron chi connectivity index (χ4n) is 0. The molecule has 1 heteroatoms. The molecule has 1 nitrogen and oxygen atoms in total. The van der Waals surface area contributed by atoms with Gasteiger partial charge in [-0.05, 0) is 26.9 Å². The molecule has 0 aromatic carbocycles. The monoisotopic (exact) mass is 231 g/mol. The van der Waals surface area contributed by atoms with Gasteiger partial charge >= 0.3 is 0 Å². The molecule has 0 saturated heterocycles. The van der Waals surface area contributed by atoms with Gasteiger partial charge in [0.2, 0.25) is 0 Å². The summed E-state index contributed by atoms with van der Waals surface area (Å²) in [7, 11) is 1.93. The summed E-state index contributed by atoms with van der Waals surface area (Å²) in [6.07, 6.45) is 5.96. The van der Waals surface area contributed by atoms with E-state index in [-0.39, 0.29) is 0 Å². The quantitative estimate of drug-likeness (QED) is 0.624. The molecule has 0 aliphatic carbocycles. The van der Waals surface area contributed by atoms with Crippen LogP contribution in [0.1, 0.15) is 61.3 Å². The lowest BCUT2D eigenvalue weighted by Crippen LogP contribution is -2.01. The molecule has 0 spiro atoms.